The molecule has 0 heterocycles. The molecule has 0 saturated heterocycles. The average Bonchev–Trinajstić information content (AvgIpc) is 1.87. The van der Waals surface area contributed by atoms with Crippen molar-refractivity contribution in [1.29, 1.82) is 0 Å². The van der Waals surface area contributed by atoms with Crippen LogP contribution in [0.4, 0.5) is 0 Å². The second-order valence-electron chi connectivity index (χ2n) is 2.83. The Bertz CT molecular complexity index is 120. The first-order valence-electron chi connectivity index (χ1n) is 4.16. The highest BCUT2D eigenvalue weighted by atomic mass is 28.2. The van der Waals surface area contributed by atoms with Gasteiger partial charge in [-0.1, -0.05) is 12.8 Å². The molecule has 1 rings (SSSR count). The molecule has 0 fully saturated rings. The molecule has 1 aliphatic rings. The Morgan fingerprint density at radius 2 is 2.00 bits per heavy atom. The monoisotopic (exact) mass is 156 g/mol. The van der Waals surface area contributed by atoms with Crippen LogP contribution >= 0.6 is 0 Å². The molecule has 0 radical (unpaired) electrons. The SMILES string of the molecule is [SiH3]O/C1=C\CCCCCC1. The predicted molar refractivity (Wildman–Crippen MR) is 46.8 cm³/mol. The third kappa shape index (κ3) is 2.56. The summed E-state index contributed by atoms with van der Waals surface area (Å²) in [5, 5.41) is 0. The number of rotatable bonds is 1. The van der Waals surface area contributed by atoms with Crippen LogP contribution in [0.5, 0.6) is 0 Å². The molecule has 0 bridgehead atoms. The minimum absolute atomic E-state index is 0.859. The molecule has 0 unspecified atom stereocenters. The Morgan fingerprint density at radius 3 is 2.80 bits per heavy atom. The van der Waals surface area contributed by atoms with Crippen LogP contribution in [-0.4, -0.2) is 10.5 Å². The zero-order valence-electron chi connectivity index (χ0n) is 6.73. The third-order valence-corrected chi connectivity index (χ3v) is 2.54. The van der Waals surface area contributed by atoms with Gasteiger partial charge < -0.3 is 4.43 Å². The van der Waals surface area contributed by atoms with Crippen LogP contribution in [0.2, 0.25) is 0 Å². The van der Waals surface area contributed by atoms with Crippen molar-refractivity contribution >= 4 is 10.5 Å². The summed E-state index contributed by atoms with van der Waals surface area (Å²) in [4.78, 5) is 0. The van der Waals surface area contributed by atoms with Crippen molar-refractivity contribution in [2.75, 3.05) is 0 Å². The van der Waals surface area contributed by atoms with Gasteiger partial charge in [0, 0.05) is 6.42 Å². The van der Waals surface area contributed by atoms with Gasteiger partial charge in [0.2, 0.25) is 10.5 Å². The van der Waals surface area contributed by atoms with E-state index in [9.17, 15) is 0 Å². The van der Waals surface area contributed by atoms with Crippen molar-refractivity contribution in [1.82, 2.24) is 0 Å². The first-order chi connectivity index (χ1) is 4.93. The Hall–Kier alpha value is -0.243. The highest BCUT2D eigenvalue weighted by molar-refractivity contribution is 5.98. The van der Waals surface area contributed by atoms with E-state index in [2.05, 4.69) is 6.08 Å². The van der Waals surface area contributed by atoms with Crippen molar-refractivity contribution in [3.8, 4) is 0 Å². The summed E-state index contributed by atoms with van der Waals surface area (Å²) in [5.41, 5.74) is 0. The number of allylic oxidation sites excluding steroid dienone is 2. The zero-order chi connectivity index (χ0) is 7.23. The molecule has 0 saturated carbocycles. The Kier molecular flexibility index (Phi) is 3.58. The lowest BCUT2D eigenvalue weighted by atomic mass is 10.1. The van der Waals surface area contributed by atoms with Crippen molar-refractivity contribution in [3.63, 3.8) is 0 Å². The fourth-order valence-electron chi connectivity index (χ4n) is 1.35. The summed E-state index contributed by atoms with van der Waals surface area (Å²) in [6.45, 7) is 0. The minimum atomic E-state index is 0.859. The normalized spacial score (nSPS) is 26.2. The maximum absolute atomic E-state index is 5.33. The molecule has 0 atom stereocenters. The van der Waals surface area contributed by atoms with Crippen LogP contribution in [0, 0.1) is 0 Å². The second kappa shape index (κ2) is 4.55. The van der Waals surface area contributed by atoms with Gasteiger partial charge in [0.15, 0.2) is 0 Å². The minimum Gasteiger partial charge on any atom is -0.556 e. The highest BCUT2D eigenvalue weighted by Crippen LogP contribution is 2.16. The van der Waals surface area contributed by atoms with Gasteiger partial charge in [0.25, 0.3) is 0 Å². The van der Waals surface area contributed by atoms with Gasteiger partial charge in [-0.05, 0) is 25.3 Å². The predicted octanol–water partition coefficient (Wildman–Crippen LogP) is 1.52. The van der Waals surface area contributed by atoms with E-state index in [-0.39, 0.29) is 0 Å². The topological polar surface area (TPSA) is 9.23 Å². The van der Waals surface area contributed by atoms with Gasteiger partial charge in [-0.15, -0.1) is 0 Å². The molecule has 1 nitrogen and oxygen atoms in total. The quantitative estimate of drug-likeness (QED) is 0.523. The summed E-state index contributed by atoms with van der Waals surface area (Å²) in [7, 11) is 0.859. The van der Waals surface area contributed by atoms with Crippen LogP contribution in [-0.2, 0) is 4.43 Å². The van der Waals surface area contributed by atoms with E-state index in [1.807, 2.05) is 0 Å². The molecule has 1 aliphatic carbocycles. The Labute approximate surface area is 66.0 Å². The largest absolute Gasteiger partial charge is 0.556 e. The molecule has 0 aromatic heterocycles. The molecule has 0 amide bonds. The zero-order valence-corrected chi connectivity index (χ0v) is 8.73. The molecule has 0 aliphatic heterocycles. The van der Waals surface area contributed by atoms with E-state index in [4.69, 9.17) is 4.43 Å². The molecular weight excluding hydrogens is 140 g/mol. The molecule has 0 N–H and O–H groups in total. The summed E-state index contributed by atoms with van der Waals surface area (Å²) in [6.07, 6.45) is 10.2. The van der Waals surface area contributed by atoms with Crippen molar-refractivity contribution in [2.45, 2.75) is 38.5 Å². The summed E-state index contributed by atoms with van der Waals surface area (Å²) in [6, 6.07) is 0. The van der Waals surface area contributed by atoms with E-state index in [0.29, 0.717) is 0 Å². The lowest BCUT2D eigenvalue weighted by molar-refractivity contribution is 0.420. The second-order valence-corrected chi connectivity index (χ2v) is 3.24. The van der Waals surface area contributed by atoms with Crippen LogP contribution in [0.25, 0.3) is 0 Å². The Morgan fingerprint density at radius 1 is 1.20 bits per heavy atom. The van der Waals surface area contributed by atoms with E-state index in [0.717, 1.165) is 10.5 Å². The van der Waals surface area contributed by atoms with E-state index in [1.165, 1.54) is 44.3 Å². The first-order valence-corrected chi connectivity index (χ1v) is 4.98. The van der Waals surface area contributed by atoms with Crippen LogP contribution in [0.1, 0.15) is 38.5 Å². The van der Waals surface area contributed by atoms with Crippen molar-refractivity contribution in [3.05, 3.63) is 11.8 Å². The highest BCUT2D eigenvalue weighted by Gasteiger charge is 1.99. The van der Waals surface area contributed by atoms with Crippen LogP contribution in [0.3, 0.4) is 0 Å². The number of hydrogen-bond acceptors (Lipinski definition) is 1. The summed E-state index contributed by atoms with van der Waals surface area (Å²) >= 11 is 0. The van der Waals surface area contributed by atoms with E-state index >= 15 is 0 Å². The van der Waals surface area contributed by atoms with Gasteiger partial charge in [0.1, 0.15) is 0 Å². The van der Waals surface area contributed by atoms with Gasteiger partial charge in [-0.2, -0.15) is 0 Å². The molecule has 10 heavy (non-hydrogen) atoms. The van der Waals surface area contributed by atoms with Crippen molar-refractivity contribution in [2.24, 2.45) is 0 Å². The third-order valence-electron chi connectivity index (χ3n) is 2.01. The van der Waals surface area contributed by atoms with Crippen molar-refractivity contribution < 1.29 is 4.43 Å². The summed E-state index contributed by atoms with van der Waals surface area (Å²) < 4.78 is 5.33. The smallest absolute Gasteiger partial charge is 0.203 e. The molecule has 0 aromatic carbocycles. The van der Waals surface area contributed by atoms with Gasteiger partial charge >= 0.3 is 0 Å². The fraction of sp³-hybridized carbons (Fsp3) is 0.750. The Balaban J connectivity index is 2.35. The van der Waals surface area contributed by atoms with Crippen LogP contribution in [0.15, 0.2) is 11.8 Å². The standard InChI is InChI=1S/C8H16OSi/c10-9-8-6-4-2-1-3-5-7-8/h6H,1-5,7H2,10H3/b8-6-. The lowest BCUT2D eigenvalue weighted by Gasteiger charge is -2.09. The molecular formula is C8H16OSi. The number of hydrogen-bond donors (Lipinski definition) is 0. The first kappa shape index (κ1) is 7.86. The lowest BCUT2D eigenvalue weighted by Crippen LogP contribution is -1.92. The molecule has 0 aromatic rings. The van der Waals surface area contributed by atoms with E-state index < -0.39 is 0 Å². The molecule has 2 heteroatoms. The molecule has 58 valence electrons. The summed E-state index contributed by atoms with van der Waals surface area (Å²) in [5.74, 6) is 1.26. The van der Waals surface area contributed by atoms with Crippen LogP contribution < -0.4 is 0 Å². The maximum atomic E-state index is 5.33. The van der Waals surface area contributed by atoms with Gasteiger partial charge in [-0.25, -0.2) is 0 Å². The van der Waals surface area contributed by atoms with E-state index in [1.54, 1.807) is 0 Å². The van der Waals surface area contributed by atoms with Gasteiger partial charge in [0.05, 0.1) is 5.76 Å². The van der Waals surface area contributed by atoms with Gasteiger partial charge in [-0.3, -0.25) is 0 Å². The average molecular weight is 156 g/mol. The molecule has 0 spiro atoms. The maximum Gasteiger partial charge on any atom is 0.203 e. The fourth-order valence-corrected chi connectivity index (χ4v) is 1.72.